The molecule has 0 unspecified atom stereocenters. The quantitative estimate of drug-likeness (QED) is 0.397. The fraction of sp³-hybridized carbons (Fsp3) is 0.467. The molecule has 6 heteroatoms. The van der Waals surface area contributed by atoms with Gasteiger partial charge in [0.1, 0.15) is 0 Å². The number of hydrogen-bond acceptors (Lipinski definition) is 5. The molecule has 1 aromatic rings. The van der Waals surface area contributed by atoms with Crippen LogP contribution in [0.25, 0.3) is 6.08 Å². The molecule has 0 heterocycles. The Kier molecular flexibility index (Phi) is 7.01. The van der Waals surface area contributed by atoms with Crippen molar-refractivity contribution in [2.24, 2.45) is 0 Å². The van der Waals surface area contributed by atoms with Crippen LogP contribution in [0.2, 0.25) is 0 Å². The first kappa shape index (κ1) is 17.3. The Morgan fingerprint density at radius 1 is 1.05 bits per heavy atom. The summed E-state index contributed by atoms with van der Waals surface area (Å²) in [6, 6.07) is 6.21. The maximum absolute atomic E-state index is 10.6. The van der Waals surface area contributed by atoms with Crippen molar-refractivity contribution in [2.75, 3.05) is 19.8 Å². The van der Waals surface area contributed by atoms with E-state index in [1.54, 1.807) is 24.3 Å². The molecule has 0 aliphatic carbocycles. The molecule has 1 aromatic carbocycles. The van der Waals surface area contributed by atoms with E-state index in [0.29, 0.717) is 19.8 Å². The molecule has 0 saturated carbocycles. The summed E-state index contributed by atoms with van der Waals surface area (Å²) in [5.41, 5.74) is 0.849. The second-order valence-electron chi connectivity index (χ2n) is 4.08. The van der Waals surface area contributed by atoms with Crippen molar-refractivity contribution in [3.63, 3.8) is 0 Å². The van der Waals surface area contributed by atoms with Crippen LogP contribution in [0.4, 0.5) is 5.69 Å². The number of nitro groups is 1. The number of rotatable bonds is 9. The van der Waals surface area contributed by atoms with Gasteiger partial charge in [0, 0.05) is 38.0 Å². The topological polar surface area (TPSA) is 70.8 Å². The molecule has 0 aromatic heterocycles. The number of ether oxygens (including phenoxy) is 3. The number of nitrogens with zero attached hydrogens (tertiary/aromatic N) is 1. The highest BCUT2D eigenvalue weighted by Crippen LogP contribution is 2.20. The summed E-state index contributed by atoms with van der Waals surface area (Å²) < 4.78 is 16.7. The number of benzene rings is 1. The van der Waals surface area contributed by atoms with Gasteiger partial charge in [-0.15, -0.1) is 0 Å². The molecule has 0 atom stereocenters. The lowest BCUT2D eigenvalue weighted by Gasteiger charge is -2.29. The summed E-state index contributed by atoms with van der Waals surface area (Å²) in [5.74, 6) is -1.22. The Hall–Kier alpha value is -1.76. The highest BCUT2D eigenvalue weighted by atomic mass is 16.9. The monoisotopic (exact) mass is 295 g/mol. The smallest absolute Gasteiger partial charge is 0.304 e. The molecule has 0 bridgehead atoms. The van der Waals surface area contributed by atoms with E-state index in [9.17, 15) is 10.1 Å². The molecule has 0 amide bonds. The van der Waals surface area contributed by atoms with Gasteiger partial charge in [-0.05, 0) is 38.5 Å². The summed E-state index contributed by atoms with van der Waals surface area (Å²) in [7, 11) is 0. The molecule has 0 fully saturated rings. The fourth-order valence-corrected chi connectivity index (χ4v) is 1.78. The average molecular weight is 295 g/mol. The molecule has 0 N–H and O–H groups in total. The Bertz CT molecular complexity index is 452. The lowest BCUT2D eigenvalue weighted by atomic mass is 10.2. The molecular formula is C15H21NO5. The zero-order valence-electron chi connectivity index (χ0n) is 12.6. The van der Waals surface area contributed by atoms with Crippen LogP contribution in [0.1, 0.15) is 26.3 Å². The summed E-state index contributed by atoms with van der Waals surface area (Å²) in [6.45, 7) is 6.87. The van der Waals surface area contributed by atoms with E-state index in [-0.39, 0.29) is 5.69 Å². The fourth-order valence-electron chi connectivity index (χ4n) is 1.78. The normalized spacial score (nSPS) is 12.0. The lowest BCUT2D eigenvalue weighted by Crippen LogP contribution is -2.37. The van der Waals surface area contributed by atoms with Crippen LogP contribution < -0.4 is 0 Å². The van der Waals surface area contributed by atoms with Crippen LogP contribution >= 0.6 is 0 Å². The molecule has 0 saturated heterocycles. The zero-order chi connectivity index (χ0) is 15.7. The number of hydrogen-bond donors (Lipinski definition) is 0. The Labute approximate surface area is 124 Å². The summed E-state index contributed by atoms with van der Waals surface area (Å²) in [4.78, 5) is 10.2. The van der Waals surface area contributed by atoms with Gasteiger partial charge < -0.3 is 14.2 Å². The Balaban J connectivity index is 2.92. The van der Waals surface area contributed by atoms with E-state index in [2.05, 4.69) is 0 Å². The third-order valence-corrected chi connectivity index (χ3v) is 2.62. The van der Waals surface area contributed by atoms with Gasteiger partial charge in [0.05, 0.1) is 4.92 Å². The average Bonchev–Trinajstić information content (AvgIpc) is 2.46. The molecule has 0 spiro atoms. The minimum absolute atomic E-state index is 0.0536. The third kappa shape index (κ3) is 5.26. The largest absolute Gasteiger partial charge is 0.324 e. The predicted molar refractivity (Wildman–Crippen MR) is 79.7 cm³/mol. The van der Waals surface area contributed by atoms with Crippen molar-refractivity contribution >= 4 is 11.8 Å². The highest BCUT2D eigenvalue weighted by molar-refractivity contribution is 5.52. The predicted octanol–water partition coefficient (Wildman–Crippen LogP) is 3.37. The van der Waals surface area contributed by atoms with E-state index in [1.807, 2.05) is 20.8 Å². The van der Waals surface area contributed by atoms with Gasteiger partial charge >= 0.3 is 5.97 Å². The van der Waals surface area contributed by atoms with Gasteiger partial charge in [0.25, 0.3) is 5.69 Å². The van der Waals surface area contributed by atoms with Crippen LogP contribution in [0.15, 0.2) is 30.3 Å². The van der Waals surface area contributed by atoms with Crippen LogP contribution in [0.5, 0.6) is 0 Å². The molecule has 21 heavy (non-hydrogen) atoms. The van der Waals surface area contributed by atoms with Gasteiger partial charge in [0.15, 0.2) is 0 Å². The van der Waals surface area contributed by atoms with Crippen LogP contribution in [0, 0.1) is 10.1 Å². The zero-order valence-corrected chi connectivity index (χ0v) is 12.6. The summed E-state index contributed by atoms with van der Waals surface area (Å²) >= 11 is 0. The minimum atomic E-state index is -1.22. The van der Waals surface area contributed by atoms with E-state index >= 15 is 0 Å². The number of nitro benzene ring substituents is 1. The molecule has 6 nitrogen and oxygen atoms in total. The van der Waals surface area contributed by atoms with E-state index in [1.165, 1.54) is 12.1 Å². The Morgan fingerprint density at radius 2 is 1.52 bits per heavy atom. The standard InChI is InChI=1S/C15H21NO5/c1-4-19-15(20-5-2,21-6-3)12-11-13-7-9-14(10-8-13)16(17)18/h7-12H,4-6H2,1-3H3/b12-11+. The van der Waals surface area contributed by atoms with Gasteiger partial charge in [-0.3, -0.25) is 10.1 Å². The van der Waals surface area contributed by atoms with Crippen molar-refractivity contribution in [1.82, 2.24) is 0 Å². The maximum Gasteiger partial charge on any atom is 0.304 e. The molecular weight excluding hydrogens is 274 g/mol. The van der Waals surface area contributed by atoms with Crippen LogP contribution in [-0.4, -0.2) is 30.7 Å². The molecule has 0 aliphatic heterocycles. The van der Waals surface area contributed by atoms with Crippen molar-refractivity contribution in [3.8, 4) is 0 Å². The van der Waals surface area contributed by atoms with Crippen LogP contribution in [0.3, 0.4) is 0 Å². The van der Waals surface area contributed by atoms with Crippen molar-refractivity contribution in [2.45, 2.75) is 26.7 Å². The van der Waals surface area contributed by atoms with Gasteiger partial charge in [-0.25, -0.2) is 0 Å². The van der Waals surface area contributed by atoms with Gasteiger partial charge in [-0.1, -0.05) is 6.08 Å². The molecule has 1 rings (SSSR count). The molecule has 116 valence electrons. The SMILES string of the molecule is CCOC(/C=C/c1ccc([N+](=O)[O-])cc1)(OCC)OCC. The summed E-state index contributed by atoms with van der Waals surface area (Å²) in [6.07, 6.45) is 3.43. The second kappa shape index (κ2) is 8.51. The van der Waals surface area contributed by atoms with E-state index in [0.717, 1.165) is 5.56 Å². The maximum atomic E-state index is 10.6. The highest BCUT2D eigenvalue weighted by Gasteiger charge is 2.28. The minimum Gasteiger partial charge on any atom is -0.324 e. The van der Waals surface area contributed by atoms with Crippen LogP contribution in [-0.2, 0) is 14.2 Å². The van der Waals surface area contributed by atoms with E-state index < -0.39 is 10.9 Å². The first-order valence-electron chi connectivity index (χ1n) is 6.92. The van der Waals surface area contributed by atoms with Gasteiger partial charge in [0.2, 0.25) is 0 Å². The third-order valence-electron chi connectivity index (χ3n) is 2.62. The first-order chi connectivity index (χ1) is 10.1. The summed E-state index contributed by atoms with van der Waals surface area (Å²) in [5, 5.41) is 10.6. The van der Waals surface area contributed by atoms with Crippen molar-refractivity contribution in [1.29, 1.82) is 0 Å². The molecule has 0 aliphatic rings. The molecule has 0 radical (unpaired) electrons. The van der Waals surface area contributed by atoms with E-state index in [4.69, 9.17) is 14.2 Å². The first-order valence-corrected chi connectivity index (χ1v) is 6.92. The van der Waals surface area contributed by atoms with Crippen molar-refractivity contribution < 1.29 is 19.1 Å². The lowest BCUT2D eigenvalue weighted by molar-refractivity contribution is -0.384. The Morgan fingerprint density at radius 3 is 1.90 bits per heavy atom. The van der Waals surface area contributed by atoms with Gasteiger partial charge in [-0.2, -0.15) is 0 Å². The second-order valence-corrected chi connectivity index (χ2v) is 4.08. The van der Waals surface area contributed by atoms with Crippen molar-refractivity contribution in [3.05, 3.63) is 46.0 Å². The number of non-ortho nitro benzene ring substituents is 1.